The van der Waals surface area contributed by atoms with Crippen LogP contribution in [-0.4, -0.2) is 4.98 Å². The summed E-state index contributed by atoms with van der Waals surface area (Å²) in [6.07, 6.45) is 4.78. The van der Waals surface area contributed by atoms with Crippen LogP contribution in [0.2, 0.25) is 0 Å². The first-order chi connectivity index (χ1) is 8.43. The van der Waals surface area contributed by atoms with Crippen LogP contribution in [-0.2, 0) is 0 Å². The highest BCUT2D eigenvalue weighted by Gasteiger charge is 2.13. The molecular weight excluding hydrogens is 206 g/mol. The average molecular weight is 219 g/mol. The number of nitrogens with one attached hydrogen (secondary N) is 1. The lowest BCUT2D eigenvalue weighted by Gasteiger charge is -2.15. The summed E-state index contributed by atoms with van der Waals surface area (Å²) >= 11 is 0. The lowest BCUT2D eigenvalue weighted by atomic mass is 9.90. The van der Waals surface area contributed by atoms with Gasteiger partial charge in [0.05, 0.1) is 5.52 Å². The van der Waals surface area contributed by atoms with Crippen LogP contribution >= 0.6 is 0 Å². The second-order valence-corrected chi connectivity index (χ2v) is 4.67. The summed E-state index contributed by atoms with van der Waals surface area (Å²) in [7, 11) is 0. The quantitative estimate of drug-likeness (QED) is 0.620. The molecule has 0 unspecified atom stereocenters. The molecule has 4 rings (SSSR count). The molecule has 1 aliphatic rings. The number of para-hydroxylation sites is 2. The van der Waals surface area contributed by atoms with Crippen molar-refractivity contribution < 1.29 is 0 Å². The summed E-state index contributed by atoms with van der Waals surface area (Å²) in [5.41, 5.74) is 5.39. The van der Waals surface area contributed by atoms with Gasteiger partial charge in [0.2, 0.25) is 0 Å². The van der Waals surface area contributed by atoms with Crippen LogP contribution in [0.5, 0.6) is 0 Å². The van der Waals surface area contributed by atoms with Gasteiger partial charge in [0, 0.05) is 21.9 Å². The molecule has 1 aromatic heterocycles. The van der Waals surface area contributed by atoms with Crippen LogP contribution in [0.25, 0.3) is 27.4 Å². The fourth-order valence-corrected chi connectivity index (χ4v) is 2.67. The van der Waals surface area contributed by atoms with Gasteiger partial charge in [-0.25, -0.2) is 0 Å². The summed E-state index contributed by atoms with van der Waals surface area (Å²) in [5.74, 6) is 0. The zero-order valence-electron chi connectivity index (χ0n) is 9.53. The molecule has 0 bridgehead atoms. The number of fused-ring (bicyclic) bond motifs is 3. The third kappa shape index (κ3) is 1.19. The van der Waals surface area contributed by atoms with E-state index in [0.29, 0.717) is 0 Å². The second-order valence-electron chi connectivity index (χ2n) is 4.67. The van der Waals surface area contributed by atoms with Gasteiger partial charge in [-0.05, 0) is 24.5 Å². The zero-order chi connectivity index (χ0) is 11.2. The van der Waals surface area contributed by atoms with Gasteiger partial charge in [0.1, 0.15) is 0 Å². The number of benzene rings is 2. The first-order valence-corrected chi connectivity index (χ1v) is 6.12. The summed E-state index contributed by atoms with van der Waals surface area (Å²) < 4.78 is 0. The Bertz CT molecular complexity index is 746. The fraction of sp³-hybridized carbons (Fsp3) is 0.125. The molecule has 17 heavy (non-hydrogen) atoms. The SMILES string of the molecule is C1=C(c2cccc3c2[nH]c2ccccc23)CC1. The molecule has 1 N–H and O–H groups in total. The predicted molar refractivity (Wildman–Crippen MR) is 73.0 cm³/mol. The zero-order valence-corrected chi connectivity index (χ0v) is 9.53. The van der Waals surface area contributed by atoms with Crippen LogP contribution in [0.3, 0.4) is 0 Å². The molecule has 0 fully saturated rings. The molecule has 82 valence electrons. The highest BCUT2D eigenvalue weighted by molar-refractivity contribution is 6.10. The largest absolute Gasteiger partial charge is 0.354 e. The van der Waals surface area contributed by atoms with Crippen molar-refractivity contribution in [3.8, 4) is 0 Å². The Morgan fingerprint density at radius 1 is 0.882 bits per heavy atom. The van der Waals surface area contributed by atoms with Crippen molar-refractivity contribution in [1.82, 2.24) is 4.98 Å². The predicted octanol–water partition coefficient (Wildman–Crippen LogP) is 4.50. The van der Waals surface area contributed by atoms with Crippen LogP contribution in [0.4, 0.5) is 0 Å². The van der Waals surface area contributed by atoms with Gasteiger partial charge >= 0.3 is 0 Å². The molecule has 0 saturated carbocycles. The third-order valence-electron chi connectivity index (χ3n) is 3.69. The van der Waals surface area contributed by atoms with Crippen molar-refractivity contribution in [2.45, 2.75) is 12.8 Å². The van der Waals surface area contributed by atoms with Crippen molar-refractivity contribution in [2.24, 2.45) is 0 Å². The van der Waals surface area contributed by atoms with Crippen molar-refractivity contribution >= 4 is 27.4 Å². The van der Waals surface area contributed by atoms with Crippen molar-refractivity contribution in [3.05, 3.63) is 54.1 Å². The molecule has 0 spiro atoms. The summed E-state index contributed by atoms with van der Waals surface area (Å²) in [5, 5.41) is 2.66. The second kappa shape index (κ2) is 3.24. The number of rotatable bonds is 1. The number of allylic oxidation sites excluding steroid dienone is 2. The highest BCUT2D eigenvalue weighted by Crippen LogP contribution is 2.35. The summed E-state index contributed by atoms with van der Waals surface area (Å²) in [6, 6.07) is 15.1. The third-order valence-corrected chi connectivity index (χ3v) is 3.69. The van der Waals surface area contributed by atoms with Gasteiger partial charge < -0.3 is 4.98 Å². The van der Waals surface area contributed by atoms with Crippen molar-refractivity contribution in [3.63, 3.8) is 0 Å². The Balaban J connectivity index is 2.16. The number of hydrogen-bond donors (Lipinski definition) is 1. The van der Waals surface area contributed by atoms with Gasteiger partial charge in [-0.15, -0.1) is 0 Å². The van der Waals surface area contributed by atoms with E-state index >= 15 is 0 Å². The van der Waals surface area contributed by atoms with Crippen LogP contribution in [0.1, 0.15) is 18.4 Å². The topological polar surface area (TPSA) is 15.8 Å². The van der Waals surface area contributed by atoms with Crippen LogP contribution in [0.15, 0.2) is 48.5 Å². The fourth-order valence-electron chi connectivity index (χ4n) is 2.67. The Morgan fingerprint density at radius 2 is 1.71 bits per heavy atom. The van der Waals surface area contributed by atoms with E-state index in [2.05, 4.69) is 53.5 Å². The number of aromatic nitrogens is 1. The first kappa shape index (κ1) is 9.06. The number of H-pyrrole nitrogens is 1. The Morgan fingerprint density at radius 3 is 2.53 bits per heavy atom. The first-order valence-electron chi connectivity index (χ1n) is 6.12. The van der Waals surface area contributed by atoms with Gasteiger partial charge in [-0.2, -0.15) is 0 Å². The monoisotopic (exact) mass is 219 g/mol. The maximum absolute atomic E-state index is 3.55. The molecule has 0 radical (unpaired) electrons. The normalized spacial score (nSPS) is 14.9. The van der Waals surface area contributed by atoms with Crippen LogP contribution < -0.4 is 0 Å². The van der Waals surface area contributed by atoms with Crippen LogP contribution in [0, 0.1) is 0 Å². The van der Waals surface area contributed by atoms with E-state index in [4.69, 9.17) is 0 Å². The van der Waals surface area contributed by atoms with Gasteiger partial charge in [0.15, 0.2) is 0 Å². The summed E-state index contributed by atoms with van der Waals surface area (Å²) in [6.45, 7) is 0. The molecule has 0 atom stereocenters. The number of hydrogen-bond acceptors (Lipinski definition) is 0. The molecular formula is C16H13N. The molecule has 0 saturated heterocycles. The molecule has 0 amide bonds. The minimum absolute atomic E-state index is 1.22. The van der Waals surface area contributed by atoms with E-state index in [1.807, 2.05) is 0 Å². The van der Waals surface area contributed by atoms with Gasteiger partial charge in [0.25, 0.3) is 0 Å². The maximum atomic E-state index is 3.55. The van der Waals surface area contributed by atoms with E-state index in [1.165, 1.54) is 45.8 Å². The molecule has 3 aromatic rings. The van der Waals surface area contributed by atoms with Gasteiger partial charge in [-0.1, -0.05) is 42.5 Å². The van der Waals surface area contributed by atoms with E-state index < -0.39 is 0 Å². The minimum atomic E-state index is 1.22. The minimum Gasteiger partial charge on any atom is -0.354 e. The van der Waals surface area contributed by atoms with E-state index in [0.717, 1.165) is 0 Å². The van der Waals surface area contributed by atoms with E-state index in [9.17, 15) is 0 Å². The molecule has 2 aromatic carbocycles. The molecule has 1 nitrogen and oxygen atoms in total. The Labute approximate surface area is 99.8 Å². The smallest absolute Gasteiger partial charge is 0.0541 e. The standard InChI is InChI=1S/C16H13N/c1-2-10-15-13(7-1)14-9-4-8-12(16(14)17-15)11-5-3-6-11/h1-2,4-5,7-10,17H,3,6H2. The van der Waals surface area contributed by atoms with Crippen molar-refractivity contribution in [1.29, 1.82) is 0 Å². The lowest BCUT2D eigenvalue weighted by Crippen LogP contribution is -1.93. The molecule has 0 aliphatic heterocycles. The van der Waals surface area contributed by atoms with Gasteiger partial charge in [-0.3, -0.25) is 0 Å². The van der Waals surface area contributed by atoms with Crippen molar-refractivity contribution in [2.75, 3.05) is 0 Å². The molecule has 1 heterocycles. The average Bonchev–Trinajstić information content (AvgIpc) is 2.67. The van der Waals surface area contributed by atoms with E-state index in [1.54, 1.807) is 0 Å². The number of aromatic amines is 1. The molecule has 1 aliphatic carbocycles. The maximum Gasteiger partial charge on any atom is 0.0541 e. The molecule has 1 heteroatoms. The summed E-state index contributed by atoms with van der Waals surface area (Å²) in [4.78, 5) is 3.55. The Kier molecular flexibility index (Phi) is 1.72. The highest BCUT2D eigenvalue weighted by atomic mass is 14.7. The van der Waals surface area contributed by atoms with E-state index in [-0.39, 0.29) is 0 Å². The Hall–Kier alpha value is -2.02. The lowest BCUT2D eigenvalue weighted by molar-refractivity contribution is 0.990.